The topological polar surface area (TPSA) is 32.5 Å². The number of piperidine rings is 1. The van der Waals surface area contributed by atoms with Crippen molar-refractivity contribution in [3.8, 4) is 0 Å². The minimum atomic E-state index is 0.186. The summed E-state index contributed by atoms with van der Waals surface area (Å²) in [5, 5.41) is 0. The molecule has 3 nitrogen and oxygen atoms in total. The molecule has 21 heavy (non-hydrogen) atoms. The smallest absolute Gasteiger partial charge is 0.0333 e. The van der Waals surface area contributed by atoms with E-state index in [1.165, 1.54) is 45.3 Å². The number of hydrogen-bond acceptors (Lipinski definition) is 3. The largest absolute Gasteiger partial charge is 0.329 e. The van der Waals surface area contributed by atoms with E-state index in [9.17, 15) is 0 Å². The van der Waals surface area contributed by atoms with Crippen LogP contribution >= 0.6 is 0 Å². The Bertz CT molecular complexity index is 270. The maximum absolute atomic E-state index is 6.28. The lowest BCUT2D eigenvalue weighted by Crippen LogP contribution is -2.55. The maximum Gasteiger partial charge on any atom is 0.0333 e. The predicted molar refractivity (Wildman–Crippen MR) is 93.5 cm³/mol. The molecule has 0 aromatic heterocycles. The fourth-order valence-electron chi connectivity index (χ4n) is 4.06. The number of likely N-dealkylation sites (tertiary alicyclic amines) is 1. The number of nitrogens with two attached hydrogens (primary N) is 1. The van der Waals surface area contributed by atoms with Crippen LogP contribution in [-0.4, -0.2) is 55.6 Å². The SMILES string of the molecule is CC(C)CC(CN)(CC(C)C)N(C)CC1CCN(C)CC1. The molecule has 3 heteroatoms. The second-order valence-electron chi connectivity index (χ2n) is 8.25. The molecule has 1 fully saturated rings. The van der Waals surface area contributed by atoms with E-state index in [1.807, 2.05) is 0 Å². The summed E-state index contributed by atoms with van der Waals surface area (Å²) < 4.78 is 0. The van der Waals surface area contributed by atoms with Crippen LogP contribution in [0.15, 0.2) is 0 Å². The summed E-state index contributed by atoms with van der Waals surface area (Å²) in [6.45, 7) is 13.8. The van der Waals surface area contributed by atoms with Gasteiger partial charge in [0.15, 0.2) is 0 Å². The monoisotopic (exact) mass is 297 g/mol. The highest BCUT2D eigenvalue weighted by molar-refractivity contribution is 4.93. The number of nitrogens with zero attached hydrogens (tertiary/aromatic N) is 2. The highest BCUT2D eigenvalue weighted by Gasteiger charge is 2.35. The van der Waals surface area contributed by atoms with Gasteiger partial charge in [-0.25, -0.2) is 0 Å². The van der Waals surface area contributed by atoms with Crippen LogP contribution in [0.25, 0.3) is 0 Å². The summed E-state index contributed by atoms with van der Waals surface area (Å²) in [4.78, 5) is 5.07. The summed E-state index contributed by atoms with van der Waals surface area (Å²) in [5.41, 5.74) is 6.47. The lowest BCUT2D eigenvalue weighted by molar-refractivity contribution is 0.0518. The van der Waals surface area contributed by atoms with Crippen LogP contribution in [0, 0.1) is 17.8 Å². The third-order valence-electron chi connectivity index (χ3n) is 5.14. The third-order valence-corrected chi connectivity index (χ3v) is 5.14. The quantitative estimate of drug-likeness (QED) is 0.747. The molecule has 1 aliphatic rings. The summed E-state index contributed by atoms with van der Waals surface area (Å²) in [5.74, 6) is 2.25. The fourth-order valence-corrected chi connectivity index (χ4v) is 4.06. The summed E-state index contributed by atoms with van der Waals surface area (Å²) >= 11 is 0. The molecule has 0 atom stereocenters. The third kappa shape index (κ3) is 5.88. The van der Waals surface area contributed by atoms with Crippen LogP contribution in [0.2, 0.25) is 0 Å². The van der Waals surface area contributed by atoms with Crippen LogP contribution in [-0.2, 0) is 0 Å². The van der Waals surface area contributed by atoms with Crippen LogP contribution in [0.1, 0.15) is 53.4 Å². The van der Waals surface area contributed by atoms with Crippen molar-refractivity contribution in [3.05, 3.63) is 0 Å². The molecule has 0 saturated carbocycles. The standard InChI is InChI=1S/C18H39N3/c1-15(2)11-18(14-19,12-16(3)4)21(6)13-17-7-9-20(5)10-8-17/h15-17H,7-14,19H2,1-6H3. The van der Waals surface area contributed by atoms with Crippen molar-refractivity contribution in [2.24, 2.45) is 23.5 Å². The van der Waals surface area contributed by atoms with Gasteiger partial charge >= 0.3 is 0 Å². The van der Waals surface area contributed by atoms with E-state index in [-0.39, 0.29) is 5.54 Å². The predicted octanol–water partition coefficient (Wildman–Crippen LogP) is 3.05. The van der Waals surface area contributed by atoms with E-state index in [4.69, 9.17) is 5.73 Å². The molecule has 0 aromatic rings. The molecule has 0 spiro atoms. The van der Waals surface area contributed by atoms with Gasteiger partial charge in [0, 0.05) is 18.6 Å². The molecule has 1 saturated heterocycles. The van der Waals surface area contributed by atoms with Gasteiger partial charge in [-0.2, -0.15) is 0 Å². The second-order valence-corrected chi connectivity index (χ2v) is 8.25. The van der Waals surface area contributed by atoms with Crippen molar-refractivity contribution in [1.29, 1.82) is 0 Å². The van der Waals surface area contributed by atoms with Gasteiger partial charge in [-0.05, 0) is 70.6 Å². The molecule has 1 heterocycles. The molecule has 1 rings (SSSR count). The van der Waals surface area contributed by atoms with Crippen molar-refractivity contribution in [2.45, 2.75) is 58.9 Å². The average Bonchev–Trinajstić information content (AvgIpc) is 2.39. The van der Waals surface area contributed by atoms with Gasteiger partial charge in [0.2, 0.25) is 0 Å². The van der Waals surface area contributed by atoms with Gasteiger partial charge < -0.3 is 10.6 Å². The molecule has 1 aliphatic heterocycles. The Morgan fingerprint density at radius 3 is 1.95 bits per heavy atom. The summed E-state index contributed by atoms with van der Waals surface area (Å²) in [6.07, 6.45) is 5.10. The zero-order chi connectivity index (χ0) is 16.0. The first-order valence-corrected chi connectivity index (χ1v) is 8.89. The van der Waals surface area contributed by atoms with E-state index in [1.54, 1.807) is 0 Å². The Balaban J connectivity index is 2.71. The molecule has 0 aliphatic carbocycles. The Kier molecular flexibility index (Phi) is 7.66. The van der Waals surface area contributed by atoms with Crippen molar-refractivity contribution in [3.63, 3.8) is 0 Å². The van der Waals surface area contributed by atoms with E-state index in [2.05, 4.69) is 51.6 Å². The van der Waals surface area contributed by atoms with Crippen molar-refractivity contribution < 1.29 is 0 Å². The van der Waals surface area contributed by atoms with Crippen LogP contribution < -0.4 is 5.73 Å². The molecule has 0 bridgehead atoms. The maximum atomic E-state index is 6.28. The number of rotatable bonds is 8. The van der Waals surface area contributed by atoms with Crippen LogP contribution in [0.5, 0.6) is 0 Å². The highest BCUT2D eigenvalue weighted by atomic mass is 15.2. The first-order chi connectivity index (χ1) is 9.79. The summed E-state index contributed by atoms with van der Waals surface area (Å²) in [6, 6.07) is 0. The van der Waals surface area contributed by atoms with Gasteiger partial charge in [-0.3, -0.25) is 4.90 Å². The molecular formula is C18H39N3. The van der Waals surface area contributed by atoms with Crippen molar-refractivity contribution in [1.82, 2.24) is 9.80 Å². The second kappa shape index (κ2) is 8.50. The fraction of sp³-hybridized carbons (Fsp3) is 1.00. The molecule has 0 aromatic carbocycles. The summed E-state index contributed by atoms with van der Waals surface area (Å²) in [7, 11) is 4.55. The number of hydrogen-bond donors (Lipinski definition) is 1. The number of likely N-dealkylation sites (N-methyl/N-ethyl adjacent to an activating group) is 1. The lowest BCUT2D eigenvalue weighted by Gasteiger charge is -2.46. The van der Waals surface area contributed by atoms with Crippen LogP contribution in [0.4, 0.5) is 0 Å². The Morgan fingerprint density at radius 1 is 1.10 bits per heavy atom. The average molecular weight is 298 g/mol. The van der Waals surface area contributed by atoms with E-state index < -0.39 is 0 Å². The van der Waals surface area contributed by atoms with Crippen molar-refractivity contribution in [2.75, 3.05) is 40.3 Å². The van der Waals surface area contributed by atoms with Crippen LogP contribution in [0.3, 0.4) is 0 Å². The van der Waals surface area contributed by atoms with Gasteiger partial charge in [0.25, 0.3) is 0 Å². The molecule has 0 amide bonds. The van der Waals surface area contributed by atoms with Gasteiger partial charge in [0.1, 0.15) is 0 Å². The normalized spacial score (nSPS) is 19.1. The van der Waals surface area contributed by atoms with E-state index >= 15 is 0 Å². The molecule has 0 radical (unpaired) electrons. The zero-order valence-corrected chi connectivity index (χ0v) is 15.4. The van der Waals surface area contributed by atoms with Gasteiger partial charge in [0.05, 0.1) is 0 Å². The molecule has 126 valence electrons. The van der Waals surface area contributed by atoms with E-state index in [0.29, 0.717) is 11.8 Å². The Morgan fingerprint density at radius 2 is 1.57 bits per heavy atom. The minimum Gasteiger partial charge on any atom is -0.329 e. The lowest BCUT2D eigenvalue weighted by atomic mass is 9.79. The minimum absolute atomic E-state index is 0.186. The molecular weight excluding hydrogens is 258 g/mol. The van der Waals surface area contributed by atoms with Gasteiger partial charge in [-0.15, -0.1) is 0 Å². The first kappa shape index (κ1) is 18.9. The highest BCUT2D eigenvalue weighted by Crippen LogP contribution is 2.31. The van der Waals surface area contributed by atoms with Gasteiger partial charge in [-0.1, -0.05) is 27.7 Å². The molecule has 2 N–H and O–H groups in total. The van der Waals surface area contributed by atoms with Crippen molar-refractivity contribution >= 4 is 0 Å². The Labute approximate surface area is 133 Å². The first-order valence-electron chi connectivity index (χ1n) is 8.89. The van der Waals surface area contributed by atoms with E-state index in [0.717, 1.165) is 12.5 Å². The molecule has 0 unspecified atom stereocenters. The zero-order valence-electron chi connectivity index (χ0n) is 15.4. The Hall–Kier alpha value is -0.120.